The largest absolute Gasteiger partial charge is 0.351 e. The molecule has 0 aliphatic carbocycles. The predicted octanol–water partition coefficient (Wildman–Crippen LogP) is 6.05. The average Bonchev–Trinajstić information content (AvgIpc) is 3.68. The molecule has 0 atom stereocenters. The normalized spacial score (nSPS) is 12.4. The van der Waals surface area contributed by atoms with Gasteiger partial charge in [0.05, 0.1) is 22.4 Å². The number of aliphatic imine (C=N–C) groups is 1. The Kier molecular flexibility index (Phi) is 8.96. The molecule has 0 saturated heterocycles. The lowest BCUT2D eigenvalue weighted by Crippen LogP contribution is -2.31. The predicted molar refractivity (Wildman–Crippen MR) is 182 cm³/mol. The molecule has 0 radical (unpaired) electrons. The number of rotatable bonds is 12. The van der Waals surface area contributed by atoms with E-state index in [-0.39, 0.29) is 11.7 Å². The van der Waals surface area contributed by atoms with Gasteiger partial charge in [-0.3, -0.25) is 14.6 Å². The van der Waals surface area contributed by atoms with Crippen LogP contribution >= 0.6 is 0 Å². The number of Topliss-reactive ketones (excluding diaryl/α,β-unsaturated/α-hetero) is 1. The van der Waals surface area contributed by atoms with Gasteiger partial charge in [-0.05, 0) is 86.7 Å². The summed E-state index contributed by atoms with van der Waals surface area (Å²) in [5.41, 5.74) is 10.5. The van der Waals surface area contributed by atoms with E-state index in [0.29, 0.717) is 18.5 Å². The van der Waals surface area contributed by atoms with E-state index in [2.05, 4.69) is 45.9 Å². The van der Waals surface area contributed by atoms with E-state index >= 15 is 0 Å². The smallest absolute Gasteiger partial charge is 0.251 e. The van der Waals surface area contributed by atoms with Crippen molar-refractivity contribution in [3.8, 4) is 22.5 Å². The van der Waals surface area contributed by atoms with Crippen molar-refractivity contribution >= 4 is 34.1 Å². The molecule has 228 valence electrons. The molecule has 4 aromatic carbocycles. The minimum atomic E-state index is -0.0632. The number of hydrogen-bond donors (Lipinski definition) is 3. The fourth-order valence-corrected chi connectivity index (χ4v) is 5.55. The maximum Gasteiger partial charge on any atom is 0.251 e. The number of fused-ring (bicyclic) bond motifs is 2. The number of imidazole rings is 1. The molecule has 8 heteroatoms. The molecule has 0 spiro atoms. The number of carbonyl (C=O) groups is 2. The lowest BCUT2D eigenvalue weighted by molar-refractivity contribution is 0.0949. The van der Waals surface area contributed by atoms with Crippen molar-refractivity contribution in [2.45, 2.75) is 19.3 Å². The maximum absolute atomic E-state index is 12.5. The van der Waals surface area contributed by atoms with Crippen molar-refractivity contribution in [3.05, 3.63) is 107 Å². The summed E-state index contributed by atoms with van der Waals surface area (Å²) in [6, 6.07) is 28.0. The molecule has 0 bridgehead atoms. The quantitative estimate of drug-likeness (QED) is 0.120. The van der Waals surface area contributed by atoms with E-state index in [0.717, 1.165) is 82.0 Å². The maximum atomic E-state index is 12.5. The van der Waals surface area contributed by atoms with Gasteiger partial charge >= 0.3 is 0 Å². The van der Waals surface area contributed by atoms with Gasteiger partial charge in [-0.25, -0.2) is 4.98 Å². The highest BCUT2D eigenvalue weighted by Gasteiger charge is 2.18. The number of H-pyrrole nitrogens is 1. The number of amides is 1. The van der Waals surface area contributed by atoms with Crippen LogP contribution in [0.3, 0.4) is 0 Å². The Hall–Kier alpha value is -4.92. The second kappa shape index (κ2) is 13.4. The Morgan fingerprint density at radius 1 is 0.822 bits per heavy atom. The number of nitrogens with one attached hydrogen (secondary N) is 3. The first-order chi connectivity index (χ1) is 21.9. The SMILES string of the molecule is CNCCCC(=O)c1ccc(-c2nc3ccc(-c4ccc5c(c4)N=C(c4ccc(C(=O)NCCN(C)C)cc4)C5)cc3[nH]2)cc1. The topological polar surface area (TPSA) is 102 Å². The third-order valence-electron chi connectivity index (χ3n) is 8.15. The van der Waals surface area contributed by atoms with Gasteiger partial charge < -0.3 is 20.5 Å². The summed E-state index contributed by atoms with van der Waals surface area (Å²) in [5, 5.41) is 6.04. The highest BCUT2D eigenvalue weighted by molar-refractivity contribution is 6.07. The van der Waals surface area contributed by atoms with Crippen LogP contribution in [-0.4, -0.2) is 73.0 Å². The van der Waals surface area contributed by atoms with E-state index in [9.17, 15) is 9.59 Å². The Morgan fingerprint density at radius 3 is 2.27 bits per heavy atom. The Bertz CT molecular complexity index is 1870. The summed E-state index contributed by atoms with van der Waals surface area (Å²) in [5.74, 6) is 0.869. The molecule has 8 nitrogen and oxygen atoms in total. The first-order valence-electron chi connectivity index (χ1n) is 15.4. The molecule has 6 rings (SSSR count). The molecule has 1 aliphatic rings. The molecule has 1 aliphatic heterocycles. The van der Waals surface area contributed by atoms with Crippen molar-refractivity contribution in [3.63, 3.8) is 0 Å². The summed E-state index contributed by atoms with van der Waals surface area (Å²) < 4.78 is 0. The Morgan fingerprint density at radius 2 is 1.51 bits per heavy atom. The fraction of sp³-hybridized carbons (Fsp3) is 0.243. The van der Waals surface area contributed by atoms with Crippen molar-refractivity contribution in [2.75, 3.05) is 40.8 Å². The highest BCUT2D eigenvalue weighted by atomic mass is 16.1. The zero-order valence-electron chi connectivity index (χ0n) is 26.0. The zero-order chi connectivity index (χ0) is 31.3. The minimum Gasteiger partial charge on any atom is -0.351 e. The molecular formula is C37H38N6O2. The van der Waals surface area contributed by atoms with E-state index < -0.39 is 0 Å². The number of likely N-dealkylation sites (N-methyl/N-ethyl adjacent to an activating group) is 1. The number of aromatic nitrogens is 2. The number of nitrogens with zero attached hydrogens (tertiary/aromatic N) is 3. The third-order valence-corrected chi connectivity index (χ3v) is 8.15. The van der Waals surface area contributed by atoms with Gasteiger partial charge in [0.25, 0.3) is 5.91 Å². The van der Waals surface area contributed by atoms with Crippen LogP contribution in [0.4, 0.5) is 5.69 Å². The van der Waals surface area contributed by atoms with E-state index in [1.807, 2.05) is 80.6 Å². The number of ketones is 1. The monoisotopic (exact) mass is 598 g/mol. The molecule has 5 aromatic rings. The molecule has 0 unspecified atom stereocenters. The van der Waals surface area contributed by atoms with E-state index in [1.165, 1.54) is 5.56 Å². The zero-order valence-corrected chi connectivity index (χ0v) is 26.0. The lowest BCUT2D eigenvalue weighted by atomic mass is 9.99. The molecule has 0 fully saturated rings. The molecule has 1 aromatic heterocycles. The van der Waals surface area contributed by atoms with Crippen molar-refractivity contribution < 1.29 is 9.59 Å². The fourth-order valence-electron chi connectivity index (χ4n) is 5.55. The average molecular weight is 599 g/mol. The molecular weight excluding hydrogens is 560 g/mol. The number of hydrogen-bond acceptors (Lipinski definition) is 6. The van der Waals surface area contributed by atoms with Gasteiger partial charge in [0, 0.05) is 42.6 Å². The summed E-state index contributed by atoms with van der Waals surface area (Å²) >= 11 is 0. The summed E-state index contributed by atoms with van der Waals surface area (Å²) in [4.78, 5) is 40.2. The highest BCUT2D eigenvalue weighted by Crippen LogP contribution is 2.34. The van der Waals surface area contributed by atoms with E-state index in [1.54, 1.807) is 0 Å². The summed E-state index contributed by atoms with van der Waals surface area (Å²) in [6.45, 7) is 2.24. The second-order valence-corrected chi connectivity index (χ2v) is 11.7. The summed E-state index contributed by atoms with van der Waals surface area (Å²) in [7, 11) is 5.86. The molecule has 1 amide bonds. The number of carbonyl (C=O) groups excluding carboxylic acids is 2. The standard InChI is InChI=1S/C37H38N6O2/c1-38-18-4-5-35(44)25-8-10-26(11-9-25)36-41-31-17-16-29(22-34(31)42-36)28-14-15-30-23-32(40-33(30)21-28)24-6-12-27(13-7-24)37(45)39-19-20-43(2)3/h6-17,21-22,38H,4-5,18-20,23H2,1-3H3,(H,39,45)(H,41,42). The summed E-state index contributed by atoms with van der Waals surface area (Å²) in [6.07, 6.45) is 2.12. The first-order valence-corrected chi connectivity index (χ1v) is 15.4. The second-order valence-electron chi connectivity index (χ2n) is 11.7. The van der Waals surface area contributed by atoms with Gasteiger partial charge in [0.2, 0.25) is 0 Å². The molecule has 2 heterocycles. The molecule has 0 saturated carbocycles. The van der Waals surface area contributed by atoms with Gasteiger partial charge in [0.15, 0.2) is 5.78 Å². The van der Waals surface area contributed by atoms with Crippen LogP contribution in [0.2, 0.25) is 0 Å². The van der Waals surface area contributed by atoms with E-state index in [4.69, 9.17) is 9.98 Å². The van der Waals surface area contributed by atoms with Gasteiger partial charge in [0.1, 0.15) is 5.82 Å². The van der Waals surface area contributed by atoms with Crippen molar-refractivity contribution in [2.24, 2.45) is 4.99 Å². The van der Waals surface area contributed by atoms with Crippen LogP contribution in [0.5, 0.6) is 0 Å². The van der Waals surface area contributed by atoms with Crippen LogP contribution < -0.4 is 10.6 Å². The lowest BCUT2D eigenvalue weighted by Gasteiger charge is -2.10. The van der Waals surface area contributed by atoms with Crippen LogP contribution in [-0.2, 0) is 6.42 Å². The third kappa shape index (κ3) is 6.93. The van der Waals surface area contributed by atoms with Crippen LogP contribution in [0.25, 0.3) is 33.5 Å². The minimum absolute atomic E-state index is 0.0632. The first kappa shape index (κ1) is 30.1. The number of benzene rings is 4. The van der Waals surface area contributed by atoms with Gasteiger partial charge in [-0.1, -0.05) is 54.6 Å². The van der Waals surface area contributed by atoms with Crippen LogP contribution in [0.1, 0.15) is 44.7 Å². The Balaban J connectivity index is 1.15. The molecule has 3 N–H and O–H groups in total. The van der Waals surface area contributed by atoms with Crippen molar-refractivity contribution in [1.82, 2.24) is 25.5 Å². The van der Waals surface area contributed by atoms with Crippen LogP contribution in [0, 0.1) is 0 Å². The van der Waals surface area contributed by atoms with Gasteiger partial charge in [-0.2, -0.15) is 0 Å². The number of aromatic amines is 1. The molecule has 45 heavy (non-hydrogen) atoms. The van der Waals surface area contributed by atoms with Gasteiger partial charge in [-0.15, -0.1) is 0 Å². The van der Waals surface area contributed by atoms with Crippen molar-refractivity contribution in [1.29, 1.82) is 0 Å². The Labute approximate surface area is 263 Å². The van der Waals surface area contributed by atoms with Crippen LogP contribution in [0.15, 0.2) is 89.9 Å².